The summed E-state index contributed by atoms with van der Waals surface area (Å²) in [6.07, 6.45) is 6.55. The topological polar surface area (TPSA) is 75.7 Å². The van der Waals surface area contributed by atoms with Crippen LogP contribution in [0.3, 0.4) is 0 Å². The second-order valence-corrected chi connectivity index (χ2v) is 9.70. The van der Waals surface area contributed by atoms with Crippen molar-refractivity contribution in [2.24, 2.45) is 0 Å². The Bertz CT molecular complexity index is 730. The normalized spacial score (nSPS) is 25.7. The van der Waals surface area contributed by atoms with Crippen molar-refractivity contribution in [1.82, 2.24) is 9.62 Å². The summed E-state index contributed by atoms with van der Waals surface area (Å²) in [6.45, 7) is 4.44. The van der Waals surface area contributed by atoms with Crippen molar-refractivity contribution in [3.63, 3.8) is 0 Å². The smallest absolute Gasteiger partial charge is 0.251 e. The van der Waals surface area contributed by atoms with E-state index >= 15 is 0 Å². The van der Waals surface area contributed by atoms with Crippen molar-refractivity contribution in [2.75, 3.05) is 13.1 Å². The van der Waals surface area contributed by atoms with E-state index in [1.54, 1.807) is 12.1 Å². The van der Waals surface area contributed by atoms with Gasteiger partial charge in [0.15, 0.2) is 0 Å². The molecule has 7 heteroatoms. The van der Waals surface area contributed by atoms with E-state index in [0.29, 0.717) is 18.7 Å². The van der Waals surface area contributed by atoms with Crippen molar-refractivity contribution in [1.29, 1.82) is 0 Å². The summed E-state index contributed by atoms with van der Waals surface area (Å²) < 4.78 is 32.9. The van der Waals surface area contributed by atoms with Crippen molar-refractivity contribution >= 4 is 15.9 Å². The predicted octanol–water partition coefficient (Wildman–Crippen LogP) is 2.94. The number of morpholine rings is 1. The third-order valence-corrected chi connectivity index (χ3v) is 7.18. The van der Waals surface area contributed by atoms with Crippen LogP contribution in [0, 0.1) is 0 Å². The lowest BCUT2D eigenvalue weighted by molar-refractivity contribution is -0.0440. The molecule has 2 atom stereocenters. The summed E-state index contributed by atoms with van der Waals surface area (Å²) >= 11 is 0. The summed E-state index contributed by atoms with van der Waals surface area (Å²) in [6, 6.07) is 6.49. The summed E-state index contributed by atoms with van der Waals surface area (Å²) in [7, 11) is -3.58. The molecule has 3 rings (SSSR count). The number of hydrogen-bond acceptors (Lipinski definition) is 4. The highest BCUT2D eigenvalue weighted by atomic mass is 32.2. The van der Waals surface area contributed by atoms with Gasteiger partial charge in [-0.05, 0) is 51.0 Å². The van der Waals surface area contributed by atoms with Gasteiger partial charge in [0.2, 0.25) is 10.0 Å². The number of sulfonamides is 1. The fourth-order valence-electron chi connectivity index (χ4n) is 3.95. The fourth-order valence-corrected chi connectivity index (χ4v) is 5.54. The first-order valence-corrected chi connectivity index (χ1v) is 11.4. The monoisotopic (exact) mass is 394 g/mol. The molecule has 150 valence electrons. The molecule has 27 heavy (non-hydrogen) atoms. The molecule has 1 aliphatic heterocycles. The number of carbonyl (C=O) groups excluding carboxylic acids is 1. The molecule has 1 aliphatic carbocycles. The summed E-state index contributed by atoms with van der Waals surface area (Å²) in [4.78, 5) is 12.7. The lowest BCUT2D eigenvalue weighted by atomic mass is 10.1. The highest BCUT2D eigenvalue weighted by Gasteiger charge is 2.32. The van der Waals surface area contributed by atoms with Gasteiger partial charge < -0.3 is 10.1 Å². The van der Waals surface area contributed by atoms with Crippen LogP contribution in [0.2, 0.25) is 0 Å². The molecular formula is C20H30N2O4S. The third kappa shape index (κ3) is 5.09. The number of rotatable bonds is 4. The summed E-state index contributed by atoms with van der Waals surface area (Å²) in [5, 5.41) is 3.09. The van der Waals surface area contributed by atoms with Crippen LogP contribution in [0.15, 0.2) is 29.2 Å². The molecule has 0 spiro atoms. The van der Waals surface area contributed by atoms with E-state index in [2.05, 4.69) is 5.32 Å². The van der Waals surface area contributed by atoms with E-state index < -0.39 is 10.0 Å². The molecule has 1 heterocycles. The Labute approximate surface area is 162 Å². The van der Waals surface area contributed by atoms with E-state index in [9.17, 15) is 13.2 Å². The van der Waals surface area contributed by atoms with Gasteiger partial charge in [-0.1, -0.05) is 25.7 Å². The van der Waals surface area contributed by atoms with E-state index in [-0.39, 0.29) is 29.1 Å². The summed E-state index contributed by atoms with van der Waals surface area (Å²) in [5.74, 6) is -0.125. The van der Waals surface area contributed by atoms with Crippen LogP contribution < -0.4 is 5.32 Å². The highest BCUT2D eigenvalue weighted by Crippen LogP contribution is 2.22. The first-order chi connectivity index (χ1) is 12.9. The number of ether oxygens (including phenoxy) is 1. The number of hydrogen-bond donors (Lipinski definition) is 1. The van der Waals surface area contributed by atoms with Gasteiger partial charge in [-0.3, -0.25) is 4.79 Å². The lowest BCUT2D eigenvalue weighted by Gasteiger charge is -2.34. The van der Waals surface area contributed by atoms with Crippen molar-refractivity contribution < 1.29 is 17.9 Å². The second kappa shape index (κ2) is 8.71. The SMILES string of the molecule is C[C@@H]1CN(S(=O)(=O)c2ccc(C(=O)NC3CCCCCC3)cc2)C[C@@H](C)O1. The van der Waals surface area contributed by atoms with Crippen molar-refractivity contribution in [2.45, 2.75) is 75.5 Å². The van der Waals surface area contributed by atoms with Gasteiger partial charge in [0.1, 0.15) is 0 Å². The number of carbonyl (C=O) groups is 1. The Morgan fingerprint density at radius 3 is 2.11 bits per heavy atom. The maximum Gasteiger partial charge on any atom is 0.251 e. The van der Waals surface area contributed by atoms with Crippen LogP contribution in [0.5, 0.6) is 0 Å². The van der Waals surface area contributed by atoms with Gasteiger partial charge in [-0.2, -0.15) is 4.31 Å². The van der Waals surface area contributed by atoms with Gasteiger partial charge in [0.05, 0.1) is 17.1 Å². The van der Waals surface area contributed by atoms with E-state index in [1.165, 1.54) is 29.3 Å². The molecule has 1 N–H and O–H groups in total. The molecule has 2 fully saturated rings. The van der Waals surface area contributed by atoms with Crippen LogP contribution in [-0.2, 0) is 14.8 Å². The molecule has 1 aromatic carbocycles. The second-order valence-electron chi connectivity index (χ2n) is 7.77. The maximum absolute atomic E-state index is 12.9. The number of nitrogens with zero attached hydrogens (tertiary/aromatic N) is 1. The predicted molar refractivity (Wildman–Crippen MR) is 104 cm³/mol. The van der Waals surface area contributed by atoms with Crippen molar-refractivity contribution in [3.8, 4) is 0 Å². The van der Waals surface area contributed by atoms with Gasteiger partial charge in [-0.15, -0.1) is 0 Å². The Kier molecular flexibility index (Phi) is 6.55. The maximum atomic E-state index is 12.9. The molecular weight excluding hydrogens is 364 g/mol. The van der Waals surface area contributed by atoms with E-state index in [1.807, 2.05) is 13.8 Å². The standard InChI is InChI=1S/C20H30N2O4S/c1-15-13-22(14-16(2)26-15)27(24,25)19-11-9-17(10-12-19)20(23)21-18-7-5-3-4-6-8-18/h9-12,15-16,18H,3-8,13-14H2,1-2H3,(H,21,23)/t15-,16-/m1/s1. The fraction of sp³-hybridized carbons (Fsp3) is 0.650. The Morgan fingerprint density at radius 2 is 1.56 bits per heavy atom. The van der Waals surface area contributed by atoms with Crippen LogP contribution in [0.4, 0.5) is 0 Å². The van der Waals surface area contributed by atoms with Crippen LogP contribution in [-0.4, -0.2) is 50.0 Å². The first kappa shape index (κ1) is 20.3. The lowest BCUT2D eigenvalue weighted by Crippen LogP contribution is -2.48. The molecule has 1 saturated heterocycles. The molecule has 2 aliphatic rings. The van der Waals surface area contributed by atoms with Crippen molar-refractivity contribution in [3.05, 3.63) is 29.8 Å². The largest absolute Gasteiger partial charge is 0.373 e. The molecule has 0 aromatic heterocycles. The zero-order valence-corrected chi connectivity index (χ0v) is 17.0. The summed E-state index contributed by atoms with van der Waals surface area (Å²) in [5.41, 5.74) is 0.502. The third-order valence-electron chi connectivity index (χ3n) is 5.33. The Morgan fingerprint density at radius 1 is 1.00 bits per heavy atom. The van der Waals surface area contributed by atoms with E-state index in [0.717, 1.165) is 25.7 Å². The van der Waals surface area contributed by atoms with E-state index in [4.69, 9.17) is 4.74 Å². The van der Waals surface area contributed by atoms with Gasteiger partial charge in [0, 0.05) is 24.7 Å². The van der Waals surface area contributed by atoms with Crippen LogP contribution >= 0.6 is 0 Å². The average Bonchev–Trinajstić information content (AvgIpc) is 2.89. The zero-order valence-electron chi connectivity index (χ0n) is 16.2. The minimum atomic E-state index is -3.58. The number of benzene rings is 1. The van der Waals surface area contributed by atoms with Crippen LogP contribution in [0.1, 0.15) is 62.7 Å². The first-order valence-electron chi connectivity index (χ1n) is 9.93. The molecule has 1 saturated carbocycles. The Hall–Kier alpha value is -1.44. The van der Waals surface area contributed by atoms with Gasteiger partial charge >= 0.3 is 0 Å². The molecule has 0 unspecified atom stereocenters. The highest BCUT2D eigenvalue weighted by molar-refractivity contribution is 7.89. The number of nitrogens with one attached hydrogen (secondary N) is 1. The quantitative estimate of drug-likeness (QED) is 0.797. The number of amides is 1. The molecule has 1 amide bonds. The molecule has 0 radical (unpaired) electrons. The zero-order chi connectivity index (χ0) is 19.4. The van der Waals surface area contributed by atoms with Gasteiger partial charge in [0.25, 0.3) is 5.91 Å². The van der Waals surface area contributed by atoms with Gasteiger partial charge in [-0.25, -0.2) is 8.42 Å². The minimum Gasteiger partial charge on any atom is -0.373 e. The molecule has 6 nitrogen and oxygen atoms in total. The van der Waals surface area contributed by atoms with Crippen LogP contribution in [0.25, 0.3) is 0 Å². The minimum absolute atomic E-state index is 0.125. The molecule has 1 aromatic rings. The average molecular weight is 395 g/mol. The molecule has 0 bridgehead atoms. The Balaban J connectivity index is 1.67.